The van der Waals surface area contributed by atoms with Crippen molar-refractivity contribution in [3.8, 4) is 5.75 Å². The first kappa shape index (κ1) is 20.4. The van der Waals surface area contributed by atoms with Crippen molar-refractivity contribution in [3.05, 3.63) is 59.4 Å². The maximum Gasteiger partial charge on any atom is 0.270 e. The largest absolute Gasteiger partial charge is 0.497 e. The van der Waals surface area contributed by atoms with E-state index in [0.717, 1.165) is 49.2 Å². The molecule has 2 unspecified atom stereocenters. The lowest BCUT2D eigenvalue weighted by molar-refractivity contribution is -0.138. The quantitative estimate of drug-likeness (QED) is 0.824. The van der Waals surface area contributed by atoms with Crippen LogP contribution in [-0.4, -0.2) is 41.4 Å². The molecule has 6 heteroatoms. The minimum atomic E-state index is -0.345. The molecule has 2 fully saturated rings. The number of benzene rings is 1. The van der Waals surface area contributed by atoms with Gasteiger partial charge in [0.05, 0.1) is 12.5 Å². The maximum atomic E-state index is 13.3. The van der Waals surface area contributed by atoms with Crippen LogP contribution in [0.1, 0.15) is 53.8 Å². The predicted octanol–water partition coefficient (Wildman–Crippen LogP) is 3.49. The summed E-state index contributed by atoms with van der Waals surface area (Å²) in [4.78, 5) is 32.2. The number of aromatic nitrogens is 1. The van der Waals surface area contributed by atoms with Crippen LogP contribution in [0.5, 0.6) is 5.75 Å². The summed E-state index contributed by atoms with van der Waals surface area (Å²) < 4.78 is 5.21. The SMILES string of the molecule is COc1ccc(CN2CCC3(CCCC(NC(=O)c4cccc(C)n4)C3)C2=O)cc1. The summed E-state index contributed by atoms with van der Waals surface area (Å²) in [6.07, 6.45) is 4.33. The molecule has 1 aromatic carbocycles. The molecule has 2 aliphatic rings. The van der Waals surface area contributed by atoms with Crippen molar-refractivity contribution in [2.75, 3.05) is 13.7 Å². The molecule has 1 aliphatic carbocycles. The van der Waals surface area contributed by atoms with Gasteiger partial charge in [-0.25, -0.2) is 4.98 Å². The van der Waals surface area contributed by atoms with Crippen LogP contribution in [0.25, 0.3) is 0 Å². The summed E-state index contributed by atoms with van der Waals surface area (Å²) in [5.41, 5.74) is 2.02. The van der Waals surface area contributed by atoms with Crippen molar-refractivity contribution in [3.63, 3.8) is 0 Å². The molecule has 0 radical (unpaired) electrons. The minimum absolute atomic E-state index is 0.0125. The van der Waals surface area contributed by atoms with Gasteiger partial charge in [-0.05, 0) is 62.4 Å². The average molecular weight is 408 g/mol. The highest BCUT2D eigenvalue weighted by molar-refractivity contribution is 5.92. The second-order valence-electron chi connectivity index (χ2n) is 8.54. The topological polar surface area (TPSA) is 71.5 Å². The van der Waals surface area contributed by atoms with Crippen molar-refractivity contribution in [1.82, 2.24) is 15.2 Å². The van der Waals surface area contributed by atoms with E-state index in [1.165, 1.54) is 0 Å². The van der Waals surface area contributed by atoms with E-state index >= 15 is 0 Å². The average Bonchev–Trinajstić information content (AvgIpc) is 3.03. The van der Waals surface area contributed by atoms with Gasteiger partial charge < -0.3 is 15.0 Å². The number of aryl methyl sites for hydroxylation is 1. The Kier molecular flexibility index (Phi) is 5.75. The van der Waals surface area contributed by atoms with Crippen LogP contribution >= 0.6 is 0 Å². The van der Waals surface area contributed by atoms with Gasteiger partial charge in [-0.15, -0.1) is 0 Å². The van der Waals surface area contributed by atoms with Gasteiger partial charge in [0, 0.05) is 24.8 Å². The zero-order valence-electron chi connectivity index (χ0n) is 17.7. The molecule has 2 heterocycles. The van der Waals surface area contributed by atoms with Crippen LogP contribution in [-0.2, 0) is 11.3 Å². The van der Waals surface area contributed by atoms with E-state index in [0.29, 0.717) is 18.7 Å². The highest BCUT2D eigenvalue weighted by Gasteiger charge is 2.49. The number of rotatable bonds is 5. The van der Waals surface area contributed by atoms with E-state index in [1.807, 2.05) is 48.2 Å². The number of hydrogen-bond acceptors (Lipinski definition) is 4. The number of carbonyl (C=O) groups excluding carboxylic acids is 2. The van der Waals surface area contributed by atoms with E-state index in [1.54, 1.807) is 13.2 Å². The van der Waals surface area contributed by atoms with Crippen LogP contribution in [0.3, 0.4) is 0 Å². The molecular weight excluding hydrogens is 378 g/mol. The molecule has 1 saturated heterocycles. The Bertz CT molecular complexity index is 928. The van der Waals surface area contributed by atoms with Gasteiger partial charge in [0.1, 0.15) is 11.4 Å². The van der Waals surface area contributed by atoms with Crippen LogP contribution in [0.2, 0.25) is 0 Å². The Morgan fingerprint density at radius 1 is 1.23 bits per heavy atom. The number of carbonyl (C=O) groups is 2. The highest BCUT2D eigenvalue weighted by atomic mass is 16.5. The van der Waals surface area contributed by atoms with Gasteiger partial charge >= 0.3 is 0 Å². The van der Waals surface area contributed by atoms with Crippen molar-refractivity contribution < 1.29 is 14.3 Å². The van der Waals surface area contributed by atoms with Gasteiger partial charge in [0.15, 0.2) is 0 Å². The first-order chi connectivity index (χ1) is 14.5. The molecule has 1 aromatic heterocycles. The number of pyridine rings is 1. The zero-order chi connectivity index (χ0) is 21.1. The van der Waals surface area contributed by atoms with Crippen LogP contribution in [0.4, 0.5) is 0 Å². The standard InChI is InChI=1S/C24H29N3O3/c1-17-5-3-7-21(25-17)22(28)26-19-6-4-12-24(15-19)13-14-27(23(24)29)16-18-8-10-20(30-2)11-9-18/h3,5,7-11,19H,4,6,12-16H2,1-2H3,(H,26,28). The molecule has 1 saturated carbocycles. The molecule has 158 valence electrons. The molecule has 0 bridgehead atoms. The molecule has 6 nitrogen and oxygen atoms in total. The summed E-state index contributed by atoms with van der Waals surface area (Å²) in [5.74, 6) is 0.893. The van der Waals surface area contributed by atoms with E-state index in [2.05, 4.69) is 10.3 Å². The van der Waals surface area contributed by atoms with Gasteiger partial charge in [0.25, 0.3) is 5.91 Å². The first-order valence-corrected chi connectivity index (χ1v) is 10.7. The van der Waals surface area contributed by atoms with Gasteiger partial charge in [-0.3, -0.25) is 9.59 Å². The second kappa shape index (κ2) is 8.46. The molecule has 4 rings (SSSR count). The number of nitrogens with one attached hydrogen (secondary N) is 1. The molecule has 2 aromatic rings. The van der Waals surface area contributed by atoms with Gasteiger partial charge in [-0.1, -0.05) is 24.6 Å². The Hall–Kier alpha value is -2.89. The molecule has 1 N–H and O–H groups in total. The van der Waals surface area contributed by atoms with Gasteiger partial charge in [0.2, 0.25) is 5.91 Å². The van der Waals surface area contributed by atoms with Crippen LogP contribution < -0.4 is 10.1 Å². The Labute approximate surface area is 177 Å². The van der Waals surface area contributed by atoms with Crippen LogP contribution in [0, 0.1) is 12.3 Å². The third-order valence-electron chi connectivity index (χ3n) is 6.43. The molecular formula is C24H29N3O3. The van der Waals surface area contributed by atoms with Crippen molar-refractivity contribution in [1.29, 1.82) is 0 Å². The normalized spacial score (nSPS) is 23.6. The van der Waals surface area contributed by atoms with E-state index in [-0.39, 0.29) is 23.3 Å². The van der Waals surface area contributed by atoms with Gasteiger partial charge in [-0.2, -0.15) is 0 Å². The lowest BCUT2D eigenvalue weighted by Gasteiger charge is -2.36. The molecule has 2 amide bonds. The Balaban J connectivity index is 1.40. The predicted molar refractivity (Wildman–Crippen MR) is 114 cm³/mol. The number of hydrogen-bond donors (Lipinski definition) is 1. The van der Waals surface area contributed by atoms with Crippen molar-refractivity contribution in [2.45, 2.75) is 51.6 Å². The summed E-state index contributed by atoms with van der Waals surface area (Å²) >= 11 is 0. The third-order valence-corrected chi connectivity index (χ3v) is 6.43. The minimum Gasteiger partial charge on any atom is -0.497 e. The lowest BCUT2D eigenvalue weighted by Crippen LogP contribution is -2.45. The van der Waals surface area contributed by atoms with Crippen LogP contribution in [0.15, 0.2) is 42.5 Å². The van der Waals surface area contributed by atoms with E-state index in [4.69, 9.17) is 4.74 Å². The monoisotopic (exact) mass is 407 g/mol. The number of amides is 2. The fourth-order valence-electron chi connectivity index (χ4n) is 4.83. The first-order valence-electron chi connectivity index (χ1n) is 10.7. The van der Waals surface area contributed by atoms with Crippen molar-refractivity contribution in [2.24, 2.45) is 5.41 Å². The van der Waals surface area contributed by atoms with E-state index < -0.39 is 0 Å². The summed E-state index contributed by atoms with van der Waals surface area (Å²) in [7, 11) is 1.65. The summed E-state index contributed by atoms with van der Waals surface area (Å²) in [6.45, 7) is 3.26. The molecule has 1 spiro atoms. The fourth-order valence-corrected chi connectivity index (χ4v) is 4.83. The number of ether oxygens (including phenoxy) is 1. The summed E-state index contributed by atoms with van der Waals surface area (Å²) in [5, 5.41) is 3.13. The van der Waals surface area contributed by atoms with E-state index in [9.17, 15) is 9.59 Å². The third kappa shape index (κ3) is 4.18. The maximum absolute atomic E-state index is 13.3. The lowest BCUT2D eigenvalue weighted by atomic mass is 9.71. The number of methoxy groups -OCH3 is 1. The van der Waals surface area contributed by atoms with Crippen molar-refractivity contribution >= 4 is 11.8 Å². The summed E-state index contributed by atoms with van der Waals surface area (Å²) in [6, 6.07) is 13.3. The second-order valence-corrected chi connectivity index (χ2v) is 8.54. The fraction of sp³-hybridized carbons (Fsp3) is 0.458. The molecule has 2 atom stereocenters. The smallest absolute Gasteiger partial charge is 0.270 e. The highest BCUT2D eigenvalue weighted by Crippen LogP contribution is 2.45. The molecule has 1 aliphatic heterocycles. The Morgan fingerprint density at radius 3 is 2.77 bits per heavy atom. The molecule has 30 heavy (non-hydrogen) atoms. The Morgan fingerprint density at radius 2 is 2.03 bits per heavy atom. The number of likely N-dealkylation sites (tertiary alicyclic amines) is 1. The number of nitrogens with zero attached hydrogens (tertiary/aromatic N) is 2. The zero-order valence-corrected chi connectivity index (χ0v) is 17.7.